The SMILES string of the molecule is COC(=O)c1ccc(S(=O)(=O)NC(C)CCc2ccccc2)c(C)c1. The number of hydrogen-bond acceptors (Lipinski definition) is 4. The smallest absolute Gasteiger partial charge is 0.337 e. The van der Waals surface area contributed by atoms with Gasteiger partial charge in [-0.05, 0) is 56.0 Å². The fourth-order valence-corrected chi connectivity index (χ4v) is 4.12. The molecule has 6 heteroatoms. The number of esters is 1. The molecule has 0 spiro atoms. The molecule has 1 atom stereocenters. The average molecular weight is 361 g/mol. The number of carbonyl (C=O) groups is 1. The van der Waals surface area contributed by atoms with Crippen LogP contribution in [-0.4, -0.2) is 27.5 Å². The Hall–Kier alpha value is -2.18. The van der Waals surface area contributed by atoms with Gasteiger partial charge in [0.15, 0.2) is 0 Å². The van der Waals surface area contributed by atoms with Gasteiger partial charge in [0, 0.05) is 6.04 Å². The van der Waals surface area contributed by atoms with Gasteiger partial charge in [-0.15, -0.1) is 0 Å². The van der Waals surface area contributed by atoms with Gasteiger partial charge in [-0.1, -0.05) is 30.3 Å². The number of aryl methyl sites for hydroxylation is 2. The highest BCUT2D eigenvalue weighted by molar-refractivity contribution is 7.89. The Kier molecular flexibility index (Phi) is 6.33. The summed E-state index contributed by atoms with van der Waals surface area (Å²) in [4.78, 5) is 11.7. The molecule has 0 bridgehead atoms. The van der Waals surface area contributed by atoms with Gasteiger partial charge in [0.2, 0.25) is 10.0 Å². The van der Waals surface area contributed by atoms with E-state index >= 15 is 0 Å². The van der Waals surface area contributed by atoms with Crippen LogP contribution in [0.3, 0.4) is 0 Å². The molecule has 0 fully saturated rings. The molecule has 0 radical (unpaired) electrons. The zero-order valence-electron chi connectivity index (χ0n) is 14.7. The number of sulfonamides is 1. The topological polar surface area (TPSA) is 72.5 Å². The molecular formula is C19H23NO4S. The molecule has 0 saturated heterocycles. The molecule has 0 aliphatic heterocycles. The second-order valence-electron chi connectivity index (χ2n) is 6.02. The summed E-state index contributed by atoms with van der Waals surface area (Å²) in [5.41, 5.74) is 2.01. The molecule has 0 aliphatic rings. The first kappa shape index (κ1) is 19.1. The lowest BCUT2D eigenvalue weighted by molar-refractivity contribution is 0.0600. The van der Waals surface area contributed by atoms with Crippen molar-refractivity contribution in [3.8, 4) is 0 Å². The second-order valence-corrected chi connectivity index (χ2v) is 7.70. The number of ether oxygens (including phenoxy) is 1. The third-order valence-corrected chi connectivity index (χ3v) is 5.70. The largest absolute Gasteiger partial charge is 0.465 e. The van der Waals surface area contributed by atoms with E-state index in [1.54, 1.807) is 6.92 Å². The molecule has 5 nitrogen and oxygen atoms in total. The van der Waals surface area contributed by atoms with Crippen LogP contribution in [0, 0.1) is 6.92 Å². The summed E-state index contributed by atoms with van der Waals surface area (Å²) in [6.45, 7) is 3.51. The van der Waals surface area contributed by atoms with Crippen LogP contribution in [0.5, 0.6) is 0 Å². The Morgan fingerprint density at radius 2 is 1.84 bits per heavy atom. The molecule has 0 amide bonds. The van der Waals surface area contributed by atoms with Crippen molar-refractivity contribution in [3.63, 3.8) is 0 Å². The number of hydrogen-bond donors (Lipinski definition) is 1. The van der Waals surface area contributed by atoms with Crippen LogP contribution in [0.4, 0.5) is 0 Å². The lowest BCUT2D eigenvalue weighted by Gasteiger charge is -2.16. The summed E-state index contributed by atoms with van der Waals surface area (Å²) in [5.74, 6) is -0.490. The number of methoxy groups -OCH3 is 1. The molecule has 134 valence electrons. The third-order valence-electron chi connectivity index (χ3n) is 3.95. The summed E-state index contributed by atoms with van der Waals surface area (Å²) in [7, 11) is -2.36. The molecular weight excluding hydrogens is 338 g/mol. The first-order valence-electron chi connectivity index (χ1n) is 8.08. The van der Waals surface area contributed by atoms with E-state index in [1.165, 1.54) is 30.9 Å². The van der Waals surface area contributed by atoms with Gasteiger partial charge >= 0.3 is 5.97 Å². The fourth-order valence-electron chi connectivity index (χ4n) is 2.61. The Bertz CT molecular complexity index is 832. The summed E-state index contributed by atoms with van der Waals surface area (Å²) >= 11 is 0. The van der Waals surface area contributed by atoms with Gasteiger partial charge in [0.05, 0.1) is 17.6 Å². The first-order chi connectivity index (χ1) is 11.8. The average Bonchev–Trinajstić information content (AvgIpc) is 2.59. The Morgan fingerprint density at radius 3 is 2.44 bits per heavy atom. The Labute approximate surface area is 149 Å². The lowest BCUT2D eigenvalue weighted by atomic mass is 10.1. The maximum absolute atomic E-state index is 12.6. The lowest BCUT2D eigenvalue weighted by Crippen LogP contribution is -2.33. The van der Waals surface area contributed by atoms with Crippen molar-refractivity contribution >= 4 is 16.0 Å². The van der Waals surface area contributed by atoms with E-state index in [1.807, 2.05) is 37.3 Å². The highest BCUT2D eigenvalue weighted by atomic mass is 32.2. The molecule has 0 aliphatic carbocycles. The van der Waals surface area contributed by atoms with E-state index in [0.717, 1.165) is 6.42 Å². The van der Waals surface area contributed by atoms with E-state index in [4.69, 9.17) is 0 Å². The molecule has 2 rings (SSSR count). The van der Waals surface area contributed by atoms with E-state index < -0.39 is 16.0 Å². The number of rotatable bonds is 7. The van der Waals surface area contributed by atoms with Crippen LogP contribution in [0.2, 0.25) is 0 Å². The van der Waals surface area contributed by atoms with E-state index in [9.17, 15) is 13.2 Å². The quantitative estimate of drug-likeness (QED) is 0.769. The second kappa shape index (κ2) is 8.27. The van der Waals surface area contributed by atoms with Crippen LogP contribution >= 0.6 is 0 Å². The normalized spacial score (nSPS) is 12.6. The maximum atomic E-state index is 12.6. The predicted octanol–water partition coefficient (Wildman–Crippen LogP) is 3.08. The van der Waals surface area contributed by atoms with Crippen LogP contribution in [-0.2, 0) is 21.2 Å². The van der Waals surface area contributed by atoms with Crippen molar-refractivity contribution in [2.24, 2.45) is 0 Å². The molecule has 1 unspecified atom stereocenters. The van der Waals surface area contributed by atoms with Gasteiger partial charge < -0.3 is 4.74 Å². The highest BCUT2D eigenvalue weighted by Crippen LogP contribution is 2.18. The zero-order valence-corrected chi connectivity index (χ0v) is 15.5. The Balaban J connectivity index is 2.06. The predicted molar refractivity (Wildman–Crippen MR) is 97.1 cm³/mol. The molecule has 1 N–H and O–H groups in total. The molecule has 2 aromatic rings. The minimum atomic E-state index is -3.65. The Morgan fingerprint density at radius 1 is 1.16 bits per heavy atom. The van der Waals surface area contributed by atoms with Crippen LogP contribution < -0.4 is 4.72 Å². The summed E-state index contributed by atoms with van der Waals surface area (Å²) in [6, 6.07) is 14.2. The van der Waals surface area contributed by atoms with Gasteiger partial charge in [-0.25, -0.2) is 17.9 Å². The van der Waals surface area contributed by atoms with Crippen molar-refractivity contribution in [2.75, 3.05) is 7.11 Å². The van der Waals surface area contributed by atoms with E-state index in [0.29, 0.717) is 17.5 Å². The molecule has 0 saturated carbocycles. The summed E-state index contributed by atoms with van der Waals surface area (Å²) in [6.07, 6.45) is 1.49. The van der Waals surface area contributed by atoms with E-state index in [-0.39, 0.29) is 10.9 Å². The van der Waals surface area contributed by atoms with Crippen molar-refractivity contribution in [3.05, 3.63) is 65.2 Å². The molecule has 25 heavy (non-hydrogen) atoms. The molecule has 0 heterocycles. The number of benzene rings is 2. The fraction of sp³-hybridized carbons (Fsp3) is 0.316. The summed E-state index contributed by atoms with van der Waals surface area (Å²) < 4.78 is 32.5. The zero-order chi connectivity index (χ0) is 18.4. The maximum Gasteiger partial charge on any atom is 0.337 e. The van der Waals surface area contributed by atoms with Gasteiger partial charge in [0.1, 0.15) is 0 Å². The highest BCUT2D eigenvalue weighted by Gasteiger charge is 2.20. The van der Waals surface area contributed by atoms with Crippen molar-refractivity contribution in [2.45, 2.75) is 37.6 Å². The van der Waals surface area contributed by atoms with Crippen LogP contribution in [0.25, 0.3) is 0 Å². The molecule has 0 aromatic heterocycles. The van der Waals surface area contributed by atoms with Gasteiger partial charge in [-0.3, -0.25) is 0 Å². The minimum Gasteiger partial charge on any atom is -0.465 e. The van der Waals surface area contributed by atoms with Gasteiger partial charge in [-0.2, -0.15) is 0 Å². The monoisotopic (exact) mass is 361 g/mol. The van der Waals surface area contributed by atoms with Crippen molar-refractivity contribution in [1.82, 2.24) is 4.72 Å². The number of nitrogens with one attached hydrogen (secondary N) is 1. The summed E-state index contributed by atoms with van der Waals surface area (Å²) in [5, 5.41) is 0. The van der Waals surface area contributed by atoms with Gasteiger partial charge in [0.25, 0.3) is 0 Å². The van der Waals surface area contributed by atoms with Crippen LogP contribution in [0.1, 0.15) is 34.8 Å². The van der Waals surface area contributed by atoms with Crippen molar-refractivity contribution in [1.29, 1.82) is 0 Å². The third kappa shape index (κ3) is 5.14. The number of carbonyl (C=O) groups excluding carboxylic acids is 1. The standard InChI is InChI=1S/C19H23NO4S/c1-14-13-17(19(21)24-3)11-12-18(14)25(22,23)20-15(2)9-10-16-7-5-4-6-8-16/h4-8,11-13,15,20H,9-10H2,1-3H3. The minimum absolute atomic E-state index is 0.173. The molecule has 2 aromatic carbocycles. The van der Waals surface area contributed by atoms with Crippen molar-refractivity contribution < 1.29 is 17.9 Å². The van der Waals surface area contributed by atoms with Crippen LogP contribution in [0.15, 0.2) is 53.4 Å². The van der Waals surface area contributed by atoms with E-state index in [2.05, 4.69) is 9.46 Å². The first-order valence-corrected chi connectivity index (χ1v) is 9.57.